The van der Waals surface area contributed by atoms with E-state index in [-0.39, 0.29) is 17.9 Å². The molecule has 0 atom stereocenters. The molecule has 0 saturated heterocycles. The second-order valence-corrected chi connectivity index (χ2v) is 4.52. The summed E-state index contributed by atoms with van der Waals surface area (Å²) in [5.41, 5.74) is -1.73. The fourth-order valence-electron chi connectivity index (χ4n) is 0.976. The molecule has 1 aromatic heterocycles. The van der Waals surface area contributed by atoms with Crippen molar-refractivity contribution in [2.75, 3.05) is 6.61 Å². The summed E-state index contributed by atoms with van der Waals surface area (Å²) >= 11 is 5.47. The molecule has 0 N–H and O–H groups in total. The van der Waals surface area contributed by atoms with Gasteiger partial charge in [0.25, 0.3) is 0 Å². The minimum atomic E-state index is -5.87. The molecular formula is C8H5ClF5NO2S. The summed E-state index contributed by atoms with van der Waals surface area (Å²) < 4.78 is 66.5. The first-order valence-electron chi connectivity index (χ1n) is 4.39. The lowest BCUT2D eigenvalue weighted by molar-refractivity contribution is -0.290. The molecule has 0 unspecified atom stereocenters. The van der Waals surface area contributed by atoms with Crippen LogP contribution in [0.25, 0.3) is 0 Å². The second-order valence-electron chi connectivity index (χ2n) is 2.94. The van der Waals surface area contributed by atoms with Gasteiger partial charge in [0.1, 0.15) is 10.6 Å². The number of alkyl halides is 5. The van der Waals surface area contributed by atoms with Gasteiger partial charge in [-0.1, -0.05) is 22.9 Å². The van der Waals surface area contributed by atoms with Crippen molar-refractivity contribution >= 4 is 28.9 Å². The zero-order valence-electron chi connectivity index (χ0n) is 8.65. The van der Waals surface area contributed by atoms with Gasteiger partial charge in [-0.2, -0.15) is 22.0 Å². The monoisotopic (exact) mass is 309 g/mol. The van der Waals surface area contributed by atoms with Crippen molar-refractivity contribution in [3.63, 3.8) is 0 Å². The number of aromatic nitrogens is 1. The highest BCUT2D eigenvalue weighted by Gasteiger charge is 2.62. The van der Waals surface area contributed by atoms with E-state index in [1.54, 1.807) is 0 Å². The van der Waals surface area contributed by atoms with Crippen LogP contribution in [-0.4, -0.2) is 23.7 Å². The Kier molecular flexibility index (Phi) is 4.16. The smallest absolute Gasteiger partial charge is 0.459 e. The van der Waals surface area contributed by atoms with Crippen LogP contribution in [0.3, 0.4) is 0 Å². The van der Waals surface area contributed by atoms with Gasteiger partial charge >= 0.3 is 18.1 Å². The van der Waals surface area contributed by atoms with Crippen LogP contribution in [0.5, 0.6) is 0 Å². The highest BCUT2D eigenvalue weighted by Crippen LogP contribution is 2.46. The lowest BCUT2D eigenvalue weighted by atomic mass is 10.2. The average Bonchev–Trinajstić information content (AvgIpc) is 2.59. The predicted octanol–water partition coefficient (Wildman–Crippen LogP) is 3.63. The Balaban J connectivity index is 3.29. The lowest BCUT2D eigenvalue weighted by Gasteiger charge is -2.18. The molecule has 1 rings (SSSR count). The highest BCUT2D eigenvalue weighted by molar-refractivity contribution is 7.17. The molecule has 0 fully saturated rings. The number of hydrogen-bond acceptors (Lipinski definition) is 4. The minimum absolute atomic E-state index is 0.175. The third kappa shape index (κ3) is 2.72. The number of nitrogens with zero attached hydrogens (tertiary/aromatic N) is 1. The topological polar surface area (TPSA) is 39.2 Å². The summed E-state index contributed by atoms with van der Waals surface area (Å²) in [6, 6.07) is 0. The third-order valence-corrected chi connectivity index (χ3v) is 2.86. The van der Waals surface area contributed by atoms with E-state index in [2.05, 4.69) is 9.72 Å². The number of rotatable bonds is 3. The quantitative estimate of drug-likeness (QED) is 0.632. The van der Waals surface area contributed by atoms with Gasteiger partial charge in [0.05, 0.1) is 6.61 Å². The maximum absolute atomic E-state index is 13.1. The molecule has 0 spiro atoms. The van der Waals surface area contributed by atoms with Crippen LogP contribution >= 0.6 is 22.9 Å². The van der Waals surface area contributed by atoms with E-state index < -0.39 is 33.1 Å². The molecule has 0 amide bonds. The van der Waals surface area contributed by atoms with E-state index in [9.17, 15) is 26.7 Å². The van der Waals surface area contributed by atoms with Crippen LogP contribution in [0.1, 0.15) is 22.3 Å². The molecule has 0 saturated carbocycles. The minimum Gasteiger partial charge on any atom is -0.462 e. The zero-order valence-corrected chi connectivity index (χ0v) is 10.2. The van der Waals surface area contributed by atoms with E-state index in [4.69, 9.17) is 11.6 Å². The zero-order chi connectivity index (χ0) is 14.1. The Labute approximate surface area is 107 Å². The Morgan fingerprint density at radius 1 is 1.39 bits per heavy atom. The van der Waals surface area contributed by atoms with Gasteiger partial charge in [-0.25, -0.2) is 9.78 Å². The molecule has 1 heterocycles. The van der Waals surface area contributed by atoms with Gasteiger partial charge < -0.3 is 4.74 Å². The van der Waals surface area contributed by atoms with E-state index >= 15 is 0 Å². The number of carbonyl (C=O) groups is 1. The molecular weight excluding hydrogens is 305 g/mol. The molecule has 102 valence electrons. The van der Waals surface area contributed by atoms with Crippen molar-refractivity contribution in [3.8, 4) is 0 Å². The molecule has 18 heavy (non-hydrogen) atoms. The Morgan fingerprint density at radius 3 is 2.39 bits per heavy atom. The predicted molar refractivity (Wildman–Crippen MR) is 53.0 cm³/mol. The van der Waals surface area contributed by atoms with E-state index in [0.717, 1.165) is 0 Å². The normalized spacial score (nSPS) is 12.6. The maximum Gasteiger partial charge on any atom is 0.459 e. The van der Waals surface area contributed by atoms with Crippen LogP contribution in [0, 0.1) is 0 Å². The van der Waals surface area contributed by atoms with Crippen LogP contribution in [-0.2, 0) is 10.7 Å². The summed E-state index contributed by atoms with van der Waals surface area (Å²) in [7, 11) is 0. The molecule has 10 heteroatoms. The average molecular weight is 310 g/mol. The van der Waals surface area contributed by atoms with Gasteiger partial charge in [-0.15, -0.1) is 0 Å². The molecule has 0 radical (unpaired) electrons. The Hall–Kier alpha value is -0.960. The lowest BCUT2D eigenvalue weighted by Crippen LogP contribution is -2.35. The van der Waals surface area contributed by atoms with E-state index in [1.165, 1.54) is 6.92 Å². The largest absolute Gasteiger partial charge is 0.462 e. The fraction of sp³-hybridized carbons (Fsp3) is 0.500. The van der Waals surface area contributed by atoms with Gasteiger partial charge in [0, 0.05) is 0 Å². The molecule has 3 nitrogen and oxygen atoms in total. The summed E-state index contributed by atoms with van der Waals surface area (Å²) in [6.07, 6.45) is -5.87. The first-order chi connectivity index (χ1) is 8.11. The molecule has 1 aromatic rings. The molecule has 0 aliphatic heterocycles. The number of ether oxygens (including phenoxy) is 1. The highest BCUT2D eigenvalue weighted by atomic mass is 35.5. The van der Waals surface area contributed by atoms with Crippen molar-refractivity contribution in [1.82, 2.24) is 4.98 Å². The van der Waals surface area contributed by atoms with Crippen molar-refractivity contribution in [1.29, 1.82) is 0 Å². The summed E-state index contributed by atoms with van der Waals surface area (Å²) in [5, 5.41) is 0. The van der Waals surface area contributed by atoms with Gasteiger partial charge in [-0.05, 0) is 6.92 Å². The molecule has 0 aromatic carbocycles. The molecule has 0 bridgehead atoms. The first kappa shape index (κ1) is 15.1. The van der Waals surface area contributed by atoms with Crippen LogP contribution in [0.2, 0.25) is 4.47 Å². The standard InChI is InChI=1S/C8H5ClF5NO2S/c1-2-17-5(16)3-4(15-6(9)18-3)7(10,11)8(12,13)14/h2H2,1H3. The van der Waals surface area contributed by atoms with Crippen molar-refractivity contribution in [3.05, 3.63) is 15.0 Å². The second kappa shape index (κ2) is 4.96. The van der Waals surface area contributed by atoms with Crippen LogP contribution in [0.4, 0.5) is 22.0 Å². The number of thiazole rings is 1. The SMILES string of the molecule is CCOC(=O)c1sc(Cl)nc1C(F)(F)C(F)(F)F. The third-order valence-electron chi connectivity index (χ3n) is 1.72. The maximum atomic E-state index is 13.1. The van der Waals surface area contributed by atoms with Gasteiger partial charge in [0.2, 0.25) is 0 Å². The van der Waals surface area contributed by atoms with Gasteiger partial charge in [0.15, 0.2) is 4.47 Å². The van der Waals surface area contributed by atoms with Crippen LogP contribution < -0.4 is 0 Å². The molecule has 0 aliphatic rings. The fourth-order valence-corrected chi connectivity index (χ4v) is 2.01. The number of hydrogen-bond donors (Lipinski definition) is 0. The van der Waals surface area contributed by atoms with Gasteiger partial charge in [-0.3, -0.25) is 0 Å². The van der Waals surface area contributed by atoms with Crippen molar-refractivity contribution in [2.45, 2.75) is 19.0 Å². The Morgan fingerprint density at radius 2 is 1.94 bits per heavy atom. The summed E-state index contributed by atoms with van der Waals surface area (Å²) in [5.74, 6) is -6.58. The number of carbonyl (C=O) groups excluding carboxylic acids is 1. The summed E-state index contributed by atoms with van der Waals surface area (Å²) in [4.78, 5) is 13.2. The van der Waals surface area contributed by atoms with Crippen LogP contribution in [0.15, 0.2) is 0 Å². The van der Waals surface area contributed by atoms with Crippen molar-refractivity contribution < 1.29 is 31.5 Å². The number of halogens is 6. The number of esters is 1. The molecule has 0 aliphatic carbocycles. The van der Waals surface area contributed by atoms with Crippen molar-refractivity contribution in [2.24, 2.45) is 0 Å². The summed E-state index contributed by atoms with van der Waals surface area (Å²) in [6.45, 7) is 1.20. The first-order valence-corrected chi connectivity index (χ1v) is 5.59. The van der Waals surface area contributed by atoms with E-state index in [1.807, 2.05) is 0 Å². The Bertz CT molecular complexity index is 459. The van der Waals surface area contributed by atoms with E-state index in [0.29, 0.717) is 0 Å².